The quantitative estimate of drug-likeness (QED) is 0.841. The summed E-state index contributed by atoms with van der Waals surface area (Å²) in [6, 6.07) is 10.2. The second kappa shape index (κ2) is 7.01. The molecule has 1 aliphatic rings. The lowest BCUT2D eigenvalue weighted by atomic mass is 10.0. The molecule has 1 aromatic heterocycles. The zero-order chi connectivity index (χ0) is 17.2. The van der Waals surface area contributed by atoms with Crippen LogP contribution in [0.3, 0.4) is 0 Å². The molecule has 0 radical (unpaired) electrons. The highest BCUT2D eigenvalue weighted by molar-refractivity contribution is 5.15. The molecule has 3 rings (SSSR count). The predicted octanol–water partition coefficient (Wildman–Crippen LogP) is 1.57. The number of likely N-dealkylation sites (tertiary alicyclic amines) is 1. The van der Waals surface area contributed by atoms with Crippen molar-refractivity contribution in [1.82, 2.24) is 19.9 Å². The van der Waals surface area contributed by atoms with E-state index < -0.39 is 5.60 Å². The smallest absolute Gasteiger partial charge is 0.0996 e. The van der Waals surface area contributed by atoms with Gasteiger partial charge in [0, 0.05) is 19.6 Å². The van der Waals surface area contributed by atoms with Crippen LogP contribution in [0.4, 0.5) is 0 Å². The van der Waals surface area contributed by atoms with E-state index in [2.05, 4.69) is 41.2 Å². The fraction of sp³-hybridized carbons (Fsp3) is 0.556. The van der Waals surface area contributed by atoms with E-state index >= 15 is 0 Å². The van der Waals surface area contributed by atoms with Crippen molar-refractivity contribution in [3.05, 3.63) is 47.8 Å². The first-order valence-electron chi connectivity index (χ1n) is 8.59. The SMILES string of the molecule is CC(C)C(N)c1cn(CC2(O)CCN(Cc3ccccc3)C2)nn1. The van der Waals surface area contributed by atoms with Gasteiger partial charge in [0.15, 0.2) is 0 Å². The molecule has 0 bridgehead atoms. The highest BCUT2D eigenvalue weighted by atomic mass is 16.3. The maximum Gasteiger partial charge on any atom is 0.0996 e. The maximum atomic E-state index is 10.9. The van der Waals surface area contributed by atoms with Gasteiger partial charge in [0.1, 0.15) is 0 Å². The molecule has 1 saturated heterocycles. The number of nitrogens with zero attached hydrogens (tertiary/aromatic N) is 4. The molecule has 2 atom stereocenters. The van der Waals surface area contributed by atoms with E-state index in [9.17, 15) is 5.11 Å². The molecule has 1 fully saturated rings. The van der Waals surface area contributed by atoms with Gasteiger partial charge in [-0.2, -0.15) is 0 Å². The van der Waals surface area contributed by atoms with E-state index in [-0.39, 0.29) is 6.04 Å². The first-order valence-corrected chi connectivity index (χ1v) is 8.59. The Morgan fingerprint density at radius 3 is 2.75 bits per heavy atom. The summed E-state index contributed by atoms with van der Waals surface area (Å²) < 4.78 is 1.73. The Balaban J connectivity index is 1.59. The molecule has 2 heterocycles. The highest BCUT2D eigenvalue weighted by Gasteiger charge is 2.36. The molecule has 0 amide bonds. The third kappa shape index (κ3) is 4.01. The van der Waals surface area contributed by atoms with Gasteiger partial charge >= 0.3 is 0 Å². The highest BCUT2D eigenvalue weighted by Crippen LogP contribution is 2.25. The molecule has 0 saturated carbocycles. The number of aromatic nitrogens is 3. The van der Waals surface area contributed by atoms with E-state index in [1.54, 1.807) is 4.68 Å². The van der Waals surface area contributed by atoms with Crippen LogP contribution in [-0.2, 0) is 13.1 Å². The lowest BCUT2D eigenvalue weighted by Crippen LogP contribution is -2.37. The zero-order valence-electron chi connectivity index (χ0n) is 14.5. The lowest BCUT2D eigenvalue weighted by Gasteiger charge is -2.23. The van der Waals surface area contributed by atoms with Crippen molar-refractivity contribution in [1.29, 1.82) is 0 Å². The first kappa shape index (κ1) is 17.1. The molecule has 1 aliphatic heterocycles. The van der Waals surface area contributed by atoms with Gasteiger partial charge in [0.05, 0.1) is 30.1 Å². The topological polar surface area (TPSA) is 80.2 Å². The molecule has 2 aromatic rings. The van der Waals surface area contributed by atoms with Crippen molar-refractivity contribution in [3.8, 4) is 0 Å². The maximum absolute atomic E-state index is 10.9. The molecule has 6 nitrogen and oxygen atoms in total. The van der Waals surface area contributed by atoms with Gasteiger partial charge in [-0.05, 0) is 17.9 Å². The third-order valence-corrected chi connectivity index (χ3v) is 4.73. The van der Waals surface area contributed by atoms with Gasteiger partial charge < -0.3 is 10.8 Å². The van der Waals surface area contributed by atoms with Crippen molar-refractivity contribution >= 4 is 0 Å². The first-order chi connectivity index (χ1) is 11.5. The largest absolute Gasteiger partial charge is 0.387 e. The predicted molar refractivity (Wildman–Crippen MR) is 93.1 cm³/mol. The van der Waals surface area contributed by atoms with Crippen LogP contribution in [0.2, 0.25) is 0 Å². The molecule has 130 valence electrons. The molecule has 2 unspecified atom stereocenters. The van der Waals surface area contributed by atoms with Gasteiger partial charge in [-0.15, -0.1) is 5.10 Å². The molecule has 3 N–H and O–H groups in total. The fourth-order valence-electron chi connectivity index (χ4n) is 3.23. The summed E-state index contributed by atoms with van der Waals surface area (Å²) in [7, 11) is 0. The van der Waals surface area contributed by atoms with Crippen LogP contribution in [0.25, 0.3) is 0 Å². The van der Waals surface area contributed by atoms with Gasteiger partial charge in [-0.1, -0.05) is 49.4 Å². The van der Waals surface area contributed by atoms with Crippen molar-refractivity contribution in [2.45, 2.75) is 45.0 Å². The van der Waals surface area contributed by atoms with E-state index in [0.29, 0.717) is 19.0 Å². The van der Waals surface area contributed by atoms with Crippen molar-refractivity contribution in [3.63, 3.8) is 0 Å². The Bertz CT molecular complexity index is 656. The standard InChI is InChI=1S/C18H27N5O/c1-14(2)17(19)16-11-23(21-20-16)13-18(24)8-9-22(12-18)10-15-6-4-3-5-7-15/h3-7,11,14,17,24H,8-10,12-13,19H2,1-2H3. The second-order valence-corrected chi connectivity index (χ2v) is 7.28. The Morgan fingerprint density at radius 2 is 2.04 bits per heavy atom. The number of benzene rings is 1. The number of nitrogens with two attached hydrogens (primary N) is 1. The van der Waals surface area contributed by atoms with Crippen LogP contribution >= 0.6 is 0 Å². The minimum Gasteiger partial charge on any atom is -0.387 e. The van der Waals surface area contributed by atoms with Crippen molar-refractivity contribution in [2.24, 2.45) is 11.7 Å². The van der Waals surface area contributed by atoms with Gasteiger partial charge in [0.25, 0.3) is 0 Å². The number of hydrogen-bond donors (Lipinski definition) is 2. The summed E-state index contributed by atoms with van der Waals surface area (Å²) >= 11 is 0. The Kier molecular flexibility index (Phi) is 4.99. The summed E-state index contributed by atoms with van der Waals surface area (Å²) in [5, 5.41) is 19.2. The van der Waals surface area contributed by atoms with E-state index in [0.717, 1.165) is 25.2 Å². The number of β-amino-alcohol motifs (C(OH)–C–C–N with tert-alkyl or cyclic N) is 1. The van der Waals surface area contributed by atoms with Crippen LogP contribution in [0, 0.1) is 5.92 Å². The van der Waals surface area contributed by atoms with Crippen LogP contribution in [0.5, 0.6) is 0 Å². The van der Waals surface area contributed by atoms with Gasteiger partial charge in [0.2, 0.25) is 0 Å². The molecule has 1 aromatic carbocycles. The van der Waals surface area contributed by atoms with Crippen molar-refractivity contribution < 1.29 is 5.11 Å². The average molecular weight is 329 g/mol. The lowest BCUT2D eigenvalue weighted by molar-refractivity contribution is 0.0274. The molecular weight excluding hydrogens is 302 g/mol. The van der Waals surface area contributed by atoms with Crippen LogP contribution in [0.15, 0.2) is 36.5 Å². The normalized spacial score (nSPS) is 23.0. The van der Waals surface area contributed by atoms with E-state index in [1.807, 2.05) is 24.4 Å². The number of hydrogen-bond acceptors (Lipinski definition) is 5. The summed E-state index contributed by atoms with van der Waals surface area (Å²) in [6.07, 6.45) is 2.60. The molecule has 6 heteroatoms. The second-order valence-electron chi connectivity index (χ2n) is 7.28. The van der Waals surface area contributed by atoms with E-state index in [1.165, 1.54) is 5.56 Å². The Labute approximate surface area is 143 Å². The van der Waals surface area contributed by atoms with Crippen LogP contribution in [-0.4, -0.2) is 43.7 Å². The van der Waals surface area contributed by atoms with Crippen molar-refractivity contribution in [2.75, 3.05) is 13.1 Å². The summed E-state index contributed by atoms with van der Waals surface area (Å²) in [5.41, 5.74) is 7.41. The summed E-state index contributed by atoms with van der Waals surface area (Å²) in [6.45, 7) is 6.98. The van der Waals surface area contributed by atoms with E-state index in [4.69, 9.17) is 5.73 Å². The Hall–Kier alpha value is -1.76. The fourth-order valence-corrected chi connectivity index (χ4v) is 3.23. The summed E-state index contributed by atoms with van der Waals surface area (Å²) in [4.78, 5) is 2.28. The molecule has 0 aliphatic carbocycles. The van der Waals surface area contributed by atoms with Crippen LogP contribution in [0.1, 0.15) is 37.6 Å². The molecule has 24 heavy (non-hydrogen) atoms. The molecule has 0 spiro atoms. The average Bonchev–Trinajstić information content (AvgIpc) is 3.15. The zero-order valence-corrected chi connectivity index (χ0v) is 14.5. The Morgan fingerprint density at radius 1 is 1.29 bits per heavy atom. The summed E-state index contributed by atoms with van der Waals surface area (Å²) in [5.74, 6) is 0.311. The monoisotopic (exact) mass is 329 g/mol. The minimum absolute atomic E-state index is 0.119. The van der Waals surface area contributed by atoms with Gasteiger partial charge in [-0.25, -0.2) is 4.68 Å². The molecular formula is C18H27N5O. The van der Waals surface area contributed by atoms with Gasteiger partial charge in [-0.3, -0.25) is 4.90 Å². The third-order valence-electron chi connectivity index (χ3n) is 4.73. The number of aliphatic hydroxyl groups is 1. The van der Waals surface area contributed by atoms with Crippen LogP contribution < -0.4 is 5.73 Å². The minimum atomic E-state index is -0.762. The number of rotatable bonds is 6.